The van der Waals surface area contributed by atoms with E-state index >= 15 is 0 Å². The highest BCUT2D eigenvalue weighted by Crippen LogP contribution is 2.49. The van der Waals surface area contributed by atoms with Crippen LogP contribution in [0.15, 0.2) is 35.5 Å². The fourth-order valence-electron chi connectivity index (χ4n) is 4.86. The van der Waals surface area contributed by atoms with Crippen LogP contribution in [0, 0.1) is 24.7 Å². The van der Waals surface area contributed by atoms with Gasteiger partial charge in [-0.05, 0) is 56.4 Å². The molecule has 4 atom stereocenters. The number of benzene rings is 1. The molecular weight excluding hydrogens is 356 g/mol. The van der Waals surface area contributed by atoms with Gasteiger partial charge in [-0.1, -0.05) is 48.5 Å². The number of thioether (sulfide) groups is 1. The predicted molar refractivity (Wildman–Crippen MR) is 108 cm³/mol. The van der Waals surface area contributed by atoms with Crippen molar-refractivity contribution in [3.05, 3.63) is 41.7 Å². The third-order valence-corrected chi connectivity index (χ3v) is 7.21. The smallest absolute Gasteiger partial charge is 0.230 e. The highest BCUT2D eigenvalue weighted by Gasteiger charge is 2.42. The zero-order valence-electron chi connectivity index (χ0n) is 16.1. The summed E-state index contributed by atoms with van der Waals surface area (Å²) in [5, 5.41) is 12.5. The molecule has 1 amide bonds. The number of nitrogens with one attached hydrogen (secondary N) is 1. The average molecular weight is 385 g/mol. The standard InChI is InChI=1S/C21H28N4OS/c1-14(19-11-17-8-9-18(19)10-17)22-20(26)13-27-21-24-23-15(2)25(21)12-16-6-4-3-5-7-16/h3-7,14,17-19H,8-13H2,1-2H3,(H,22,26)/t14-,17+,18+,19-/m0/s1. The Bertz CT molecular complexity index is 791. The second kappa shape index (κ2) is 8.05. The van der Waals surface area contributed by atoms with Crippen LogP contribution in [0.5, 0.6) is 0 Å². The molecule has 0 unspecified atom stereocenters. The highest BCUT2D eigenvalue weighted by atomic mass is 32.2. The van der Waals surface area contributed by atoms with Crippen molar-refractivity contribution in [3.8, 4) is 0 Å². The van der Waals surface area contributed by atoms with E-state index in [2.05, 4.69) is 39.1 Å². The van der Waals surface area contributed by atoms with Crippen molar-refractivity contribution in [1.82, 2.24) is 20.1 Å². The van der Waals surface area contributed by atoms with Crippen LogP contribution in [0.3, 0.4) is 0 Å². The SMILES string of the molecule is Cc1nnc(SCC(=O)N[C@@H](C)[C@@H]2C[C@@H]3CC[C@@H]2C3)n1Cc1ccccc1. The van der Waals surface area contributed by atoms with Crippen LogP contribution < -0.4 is 5.32 Å². The molecular formula is C21H28N4OS. The number of carbonyl (C=O) groups is 1. The second-order valence-corrected chi connectivity index (χ2v) is 9.03. The lowest BCUT2D eigenvalue weighted by molar-refractivity contribution is -0.119. The number of carbonyl (C=O) groups excluding carboxylic acids is 1. The number of hydrogen-bond donors (Lipinski definition) is 1. The molecule has 2 aromatic rings. The fourth-order valence-corrected chi connectivity index (χ4v) is 5.65. The van der Waals surface area contributed by atoms with Crippen LogP contribution in [0.2, 0.25) is 0 Å². The summed E-state index contributed by atoms with van der Waals surface area (Å²) in [6, 6.07) is 10.5. The highest BCUT2D eigenvalue weighted by molar-refractivity contribution is 7.99. The van der Waals surface area contributed by atoms with Gasteiger partial charge in [-0.3, -0.25) is 4.79 Å². The van der Waals surface area contributed by atoms with E-state index in [0.717, 1.165) is 29.4 Å². The Morgan fingerprint density at radius 2 is 2.07 bits per heavy atom. The minimum Gasteiger partial charge on any atom is -0.353 e. The Kier molecular flexibility index (Phi) is 5.53. The molecule has 2 aliphatic rings. The third-order valence-electron chi connectivity index (χ3n) is 6.24. The van der Waals surface area contributed by atoms with Crippen molar-refractivity contribution >= 4 is 17.7 Å². The topological polar surface area (TPSA) is 59.8 Å². The first-order valence-electron chi connectivity index (χ1n) is 9.96. The van der Waals surface area contributed by atoms with Crippen LogP contribution in [0.25, 0.3) is 0 Å². The van der Waals surface area contributed by atoms with E-state index in [1.165, 1.54) is 43.0 Å². The Hall–Kier alpha value is -1.82. The predicted octanol–water partition coefficient (Wildman–Crippen LogP) is 3.67. The molecule has 27 heavy (non-hydrogen) atoms. The quantitative estimate of drug-likeness (QED) is 0.740. The number of rotatable bonds is 7. The molecule has 1 aromatic carbocycles. The van der Waals surface area contributed by atoms with Gasteiger partial charge in [-0.15, -0.1) is 10.2 Å². The number of aryl methyl sites for hydroxylation is 1. The molecule has 1 heterocycles. The van der Waals surface area contributed by atoms with Gasteiger partial charge in [-0.25, -0.2) is 0 Å². The largest absolute Gasteiger partial charge is 0.353 e. The molecule has 6 heteroatoms. The normalized spacial score (nSPS) is 24.9. The number of amides is 1. The summed E-state index contributed by atoms with van der Waals surface area (Å²) in [4.78, 5) is 12.5. The van der Waals surface area contributed by atoms with Crippen molar-refractivity contribution < 1.29 is 4.79 Å². The van der Waals surface area contributed by atoms with Crippen molar-refractivity contribution in [2.45, 2.75) is 57.3 Å². The van der Waals surface area contributed by atoms with Crippen LogP contribution in [-0.2, 0) is 11.3 Å². The minimum absolute atomic E-state index is 0.0992. The molecule has 2 aliphatic carbocycles. The Balaban J connectivity index is 1.31. The summed E-state index contributed by atoms with van der Waals surface area (Å²) in [7, 11) is 0. The number of nitrogens with zero attached hydrogens (tertiary/aromatic N) is 3. The maximum absolute atomic E-state index is 12.5. The Morgan fingerprint density at radius 1 is 1.26 bits per heavy atom. The van der Waals surface area contributed by atoms with Crippen molar-refractivity contribution in [3.63, 3.8) is 0 Å². The van der Waals surface area contributed by atoms with Crippen LogP contribution in [-0.4, -0.2) is 32.5 Å². The summed E-state index contributed by atoms with van der Waals surface area (Å²) in [6.07, 6.45) is 5.42. The molecule has 5 nitrogen and oxygen atoms in total. The molecule has 0 spiro atoms. The van der Waals surface area contributed by atoms with E-state index in [1.54, 1.807) is 0 Å². The van der Waals surface area contributed by atoms with Crippen LogP contribution >= 0.6 is 11.8 Å². The van der Waals surface area contributed by atoms with E-state index < -0.39 is 0 Å². The lowest BCUT2D eigenvalue weighted by atomic mass is 9.84. The van der Waals surface area contributed by atoms with Gasteiger partial charge in [-0.2, -0.15) is 0 Å². The molecule has 2 fully saturated rings. The molecule has 1 N–H and O–H groups in total. The molecule has 2 bridgehead atoms. The van der Waals surface area contributed by atoms with E-state index in [9.17, 15) is 4.79 Å². The number of fused-ring (bicyclic) bond motifs is 2. The minimum atomic E-state index is 0.0992. The molecule has 0 aliphatic heterocycles. The van der Waals surface area contributed by atoms with Crippen LogP contribution in [0.1, 0.15) is 44.0 Å². The van der Waals surface area contributed by atoms with Gasteiger partial charge >= 0.3 is 0 Å². The maximum atomic E-state index is 12.5. The Morgan fingerprint density at radius 3 is 2.78 bits per heavy atom. The lowest BCUT2D eigenvalue weighted by Gasteiger charge is -2.28. The number of hydrogen-bond acceptors (Lipinski definition) is 4. The first-order chi connectivity index (χ1) is 13.1. The van der Waals surface area contributed by atoms with Crippen LogP contribution in [0.4, 0.5) is 0 Å². The molecule has 0 radical (unpaired) electrons. The van der Waals surface area contributed by atoms with Gasteiger partial charge in [0.1, 0.15) is 5.82 Å². The van der Waals surface area contributed by atoms with Gasteiger partial charge in [0.05, 0.1) is 12.3 Å². The zero-order chi connectivity index (χ0) is 18.8. The summed E-state index contributed by atoms with van der Waals surface area (Å²) < 4.78 is 2.08. The summed E-state index contributed by atoms with van der Waals surface area (Å²) in [5.74, 6) is 3.77. The van der Waals surface area contributed by atoms with E-state index in [-0.39, 0.29) is 11.9 Å². The second-order valence-electron chi connectivity index (χ2n) is 8.09. The van der Waals surface area contributed by atoms with Gasteiger partial charge in [0.2, 0.25) is 5.91 Å². The monoisotopic (exact) mass is 384 g/mol. The van der Waals surface area contributed by atoms with E-state index in [0.29, 0.717) is 11.7 Å². The number of aromatic nitrogens is 3. The third kappa shape index (κ3) is 4.21. The lowest BCUT2D eigenvalue weighted by Crippen LogP contribution is -2.40. The molecule has 0 saturated heterocycles. The first kappa shape index (κ1) is 18.5. The Labute approximate surface area is 165 Å². The van der Waals surface area contributed by atoms with Gasteiger partial charge < -0.3 is 9.88 Å². The average Bonchev–Trinajstić information content (AvgIpc) is 3.38. The van der Waals surface area contributed by atoms with Crippen molar-refractivity contribution in [1.29, 1.82) is 0 Å². The summed E-state index contributed by atoms with van der Waals surface area (Å²) in [5.41, 5.74) is 1.21. The van der Waals surface area contributed by atoms with E-state index in [1.807, 2.05) is 25.1 Å². The fraction of sp³-hybridized carbons (Fsp3) is 0.571. The summed E-state index contributed by atoms with van der Waals surface area (Å²) >= 11 is 1.47. The van der Waals surface area contributed by atoms with Gasteiger partial charge in [0.25, 0.3) is 0 Å². The first-order valence-corrected chi connectivity index (χ1v) is 10.9. The van der Waals surface area contributed by atoms with Crippen molar-refractivity contribution in [2.24, 2.45) is 17.8 Å². The molecule has 1 aromatic heterocycles. The van der Waals surface area contributed by atoms with Gasteiger partial charge in [0.15, 0.2) is 5.16 Å². The zero-order valence-corrected chi connectivity index (χ0v) is 16.9. The molecule has 144 valence electrons. The molecule has 2 saturated carbocycles. The maximum Gasteiger partial charge on any atom is 0.230 e. The van der Waals surface area contributed by atoms with Crippen molar-refractivity contribution in [2.75, 3.05) is 5.75 Å². The van der Waals surface area contributed by atoms with E-state index in [4.69, 9.17) is 0 Å². The molecule has 4 rings (SSSR count). The van der Waals surface area contributed by atoms with Gasteiger partial charge in [0, 0.05) is 6.04 Å². The summed E-state index contributed by atoms with van der Waals surface area (Å²) in [6.45, 7) is 4.86.